The monoisotopic (exact) mass is 307 g/mol. The summed E-state index contributed by atoms with van der Waals surface area (Å²) in [4.78, 5) is 25.5. The highest BCUT2D eigenvalue weighted by molar-refractivity contribution is 6.55. The number of imide groups is 1. The van der Waals surface area contributed by atoms with Crippen LogP contribution in [0.1, 0.15) is 32.3 Å². The molecule has 1 aromatic carbocycles. The van der Waals surface area contributed by atoms with Crippen molar-refractivity contribution in [3.63, 3.8) is 0 Å². The van der Waals surface area contributed by atoms with E-state index in [1.807, 2.05) is 13.8 Å². The fourth-order valence-electron chi connectivity index (χ4n) is 2.16. The van der Waals surface area contributed by atoms with Gasteiger partial charge in [-0.3, -0.25) is 14.5 Å². The van der Waals surface area contributed by atoms with Gasteiger partial charge in [-0.05, 0) is 30.5 Å². The molecule has 112 valence electrons. The van der Waals surface area contributed by atoms with E-state index in [4.69, 9.17) is 16.3 Å². The number of ether oxygens (including phenoxy) is 1. The van der Waals surface area contributed by atoms with Crippen LogP contribution in [0.4, 0.5) is 0 Å². The van der Waals surface area contributed by atoms with Gasteiger partial charge in [0.25, 0.3) is 11.8 Å². The quantitative estimate of drug-likeness (QED) is 0.758. The number of amides is 2. The molecule has 21 heavy (non-hydrogen) atoms. The molecule has 0 spiro atoms. The van der Waals surface area contributed by atoms with Gasteiger partial charge in [0.1, 0.15) is 10.8 Å². The Morgan fingerprint density at radius 1 is 1.05 bits per heavy atom. The normalized spacial score (nSPS) is 15.1. The molecule has 0 fully saturated rings. The zero-order valence-electron chi connectivity index (χ0n) is 12.2. The first-order valence-corrected chi connectivity index (χ1v) is 7.47. The van der Waals surface area contributed by atoms with E-state index in [1.165, 1.54) is 4.90 Å². The molecule has 0 N–H and O–H groups in total. The number of carbonyl (C=O) groups excluding carboxylic acids is 2. The number of rotatable bonds is 6. The van der Waals surface area contributed by atoms with Crippen molar-refractivity contribution in [2.45, 2.75) is 26.7 Å². The molecule has 0 saturated heterocycles. The van der Waals surface area contributed by atoms with Gasteiger partial charge in [0, 0.05) is 6.54 Å². The van der Waals surface area contributed by atoms with E-state index in [2.05, 4.69) is 0 Å². The number of hydrogen-bond donors (Lipinski definition) is 0. The molecule has 1 aliphatic heterocycles. The average molecular weight is 308 g/mol. The van der Waals surface area contributed by atoms with Crippen LogP contribution in [0, 0.1) is 0 Å². The predicted octanol–water partition coefficient (Wildman–Crippen LogP) is 3.20. The average Bonchev–Trinajstić information content (AvgIpc) is 2.70. The highest BCUT2D eigenvalue weighted by atomic mass is 35.5. The van der Waals surface area contributed by atoms with Gasteiger partial charge in [-0.15, -0.1) is 0 Å². The molecule has 5 heteroatoms. The standard InChI is InChI=1S/C16H18ClNO3/c1-3-9-18-15(19)13(14(17)16(18)20)11-5-7-12(8-6-11)21-10-4-2/h5-8H,3-4,9-10H2,1-2H3. The second kappa shape index (κ2) is 6.76. The minimum atomic E-state index is -0.412. The molecule has 0 atom stereocenters. The summed E-state index contributed by atoms with van der Waals surface area (Å²) in [7, 11) is 0. The molecule has 1 aromatic rings. The first kappa shape index (κ1) is 15.6. The van der Waals surface area contributed by atoms with Crippen molar-refractivity contribution in [2.75, 3.05) is 13.2 Å². The van der Waals surface area contributed by atoms with Crippen molar-refractivity contribution in [2.24, 2.45) is 0 Å². The summed E-state index contributed by atoms with van der Waals surface area (Å²) in [6.45, 7) is 4.97. The topological polar surface area (TPSA) is 46.6 Å². The molecule has 2 rings (SSSR count). The Labute approximate surface area is 129 Å². The lowest BCUT2D eigenvalue weighted by molar-refractivity contribution is -0.136. The second-order valence-corrected chi connectivity index (χ2v) is 5.20. The summed E-state index contributed by atoms with van der Waals surface area (Å²) in [5.74, 6) is -0.00147. The minimum Gasteiger partial charge on any atom is -0.494 e. The lowest BCUT2D eigenvalue weighted by atomic mass is 10.1. The molecule has 0 bridgehead atoms. The van der Waals surface area contributed by atoms with Crippen molar-refractivity contribution >= 4 is 29.0 Å². The molecule has 0 radical (unpaired) electrons. The van der Waals surface area contributed by atoms with Crippen LogP contribution in [0.25, 0.3) is 5.57 Å². The van der Waals surface area contributed by atoms with Gasteiger partial charge in [-0.1, -0.05) is 37.6 Å². The number of halogens is 1. The van der Waals surface area contributed by atoms with E-state index < -0.39 is 5.91 Å². The number of carbonyl (C=O) groups is 2. The van der Waals surface area contributed by atoms with Crippen LogP contribution in [0.3, 0.4) is 0 Å². The van der Waals surface area contributed by atoms with E-state index in [9.17, 15) is 9.59 Å². The maximum Gasteiger partial charge on any atom is 0.273 e. The van der Waals surface area contributed by atoms with Crippen molar-refractivity contribution in [3.05, 3.63) is 34.9 Å². The highest BCUT2D eigenvalue weighted by Crippen LogP contribution is 2.32. The number of benzene rings is 1. The SMILES string of the molecule is CCCOc1ccc(C2=C(Cl)C(=O)N(CCC)C2=O)cc1. The van der Waals surface area contributed by atoms with Gasteiger partial charge in [-0.25, -0.2) is 0 Å². The second-order valence-electron chi connectivity index (χ2n) is 4.82. The minimum absolute atomic E-state index is 0.00400. The summed E-state index contributed by atoms with van der Waals surface area (Å²) in [6, 6.07) is 7.07. The first-order chi connectivity index (χ1) is 10.1. The first-order valence-electron chi connectivity index (χ1n) is 7.09. The smallest absolute Gasteiger partial charge is 0.273 e. The van der Waals surface area contributed by atoms with Crippen LogP contribution in [0.15, 0.2) is 29.3 Å². The Morgan fingerprint density at radius 3 is 2.29 bits per heavy atom. The molecular weight excluding hydrogens is 290 g/mol. The van der Waals surface area contributed by atoms with Crippen LogP contribution in [-0.2, 0) is 9.59 Å². The van der Waals surface area contributed by atoms with Gasteiger partial charge >= 0.3 is 0 Å². The van der Waals surface area contributed by atoms with Crippen LogP contribution in [0.5, 0.6) is 5.75 Å². The van der Waals surface area contributed by atoms with E-state index in [1.54, 1.807) is 24.3 Å². The Hall–Kier alpha value is -1.81. The third-order valence-electron chi connectivity index (χ3n) is 3.17. The molecule has 1 aliphatic rings. The van der Waals surface area contributed by atoms with E-state index in [-0.39, 0.29) is 16.5 Å². The lowest BCUT2D eigenvalue weighted by Gasteiger charge is -2.13. The molecule has 4 nitrogen and oxygen atoms in total. The van der Waals surface area contributed by atoms with Crippen LogP contribution >= 0.6 is 11.6 Å². The Bertz CT molecular complexity index is 578. The van der Waals surface area contributed by atoms with E-state index >= 15 is 0 Å². The Morgan fingerprint density at radius 2 is 1.71 bits per heavy atom. The lowest BCUT2D eigenvalue weighted by Crippen LogP contribution is -2.31. The largest absolute Gasteiger partial charge is 0.494 e. The predicted molar refractivity (Wildman–Crippen MR) is 82.0 cm³/mol. The van der Waals surface area contributed by atoms with Gasteiger partial charge in [-0.2, -0.15) is 0 Å². The molecule has 0 unspecified atom stereocenters. The highest BCUT2D eigenvalue weighted by Gasteiger charge is 2.37. The molecule has 2 amide bonds. The van der Waals surface area contributed by atoms with E-state index in [0.717, 1.165) is 12.2 Å². The summed E-state index contributed by atoms with van der Waals surface area (Å²) < 4.78 is 5.50. The molecule has 0 aliphatic carbocycles. The fraction of sp³-hybridized carbons (Fsp3) is 0.375. The van der Waals surface area contributed by atoms with Gasteiger partial charge in [0.05, 0.1) is 12.2 Å². The summed E-state index contributed by atoms with van der Waals surface area (Å²) >= 11 is 6.05. The Kier molecular flexibility index (Phi) is 5.02. The van der Waals surface area contributed by atoms with Crippen molar-refractivity contribution in [3.8, 4) is 5.75 Å². The van der Waals surface area contributed by atoms with Crippen molar-refractivity contribution in [1.82, 2.24) is 4.90 Å². The van der Waals surface area contributed by atoms with Crippen LogP contribution in [0.2, 0.25) is 0 Å². The number of nitrogens with zero attached hydrogens (tertiary/aromatic N) is 1. The number of hydrogen-bond acceptors (Lipinski definition) is 3. The maximum atomic E-state index is 12.3. The van der Waals surface area contributed by atoms with Crippen molar-refractivity contribution in [1.29, 1.82) is 0 Å². The van der Waals surface area contributed by atoms with Crippen LogP contribution < -0.4 is 4.74 Å². The Balaban J connectivity index is 2.25. The third-order valence-corrected chi connectivity index (χ3v) is 3.53. The zero-order valence-corrected chi connectivity index (χ0v) is 12.9. The van der Waals surface area contributed by atoms with Crippen molar-refractivity contribution < 1.29 is 14.3 Å². The van der Waals surface area contributed by atoms with E-state index in [0.29, 0.717) is 25.1 Å². The third kappa shape index (κ3) is 3.10. The maximum absolute atomic E-state index is 12.3. The summed E-state index contributed by atoms with van der Waals surface area (Å²) in [5, 5.41) is -0.00400. The van der Waals surface area contributed by atoms with Crippen LogP contribution in [-0.4, -0.2) is 29.9 Å². The summed E-state index contributed by atoms with van der Waals surface area (Å²) in [5.41, 5.74) is 0.915. The molecular formula is C16H18ClNO3. The molecule has 0 aromatic heterocycles. The summed E-state index contributed by atoms with van der Waals surface area (Å²) in [6.07, 6.45) is 1.64. The molecule has 0 saturated carbocycles. The molecule has 1 heterocycles. The van der Waals surface area contributed by atoms with Gasteiger partial charge < -0.3 is 4.74 Å². The van der Waals surface area contributed by atoms with Gasteiger partial charge in [0.2, 0.25) is 0 Å². The fourth-order valence-corrected chi connectivity index (χ4v) is 2.45. The zero-order chi connectivity index (χ0) is 15.4. The van der Waals surface area contributed by atoms with Gasteiger partial charge in [0.15, 0.2) is 0 Å².